The number of rotatable bonds is 2. The fourth-order valence-corrected chi connectivity index (χ4v) is 5.83. The van der Waals surface area contributed by atoms with Crippen LogP contribution in [0.1, 0.15) is 32.4 Å². The maximum absolute atomic E-state index is 13.8. The molecule has 2 heterocycles. The van der Waals surface area contributed by atoms with Crippen molar-refractivity contribution in [2.45, 2.75) is 11.7 Å². The molecule has 2 fully saturated rings. The highest BCUT2D eigenvalue weighted by Crippen LogP contribution is 2.58. The number of Topliss-reactive ketones (excluding diaryl/α,β-unsaturated/α-hetero) is 2. The van der Waals surface area contributed by atoms with Crippen molar-refractivity contribution in [1.29, 1.82) is 0 Å². The van der Waals surface area contributed by atoms with Crippen LogP contribution in [-0.4, -0.2) is 29.0 Å². The second kappa shape index (κ2) is 7.43. The summed E-state index contributed by atoms with van der Waals surface area (Å²) in [7, 11) is 0. The van der Waals surface area contributed by atoms with Crippen LogP contribution in [0, 0.1) is 11.8 Å². The number of ketones is 2. The van der Waals surface area contributed by atoms with Gasteiger partial charge in [-0.1, -0.05) is 76.1 Å². The highest BCUT2D eigenvalue weighted by molar-refractivity contribution is 9.10. The van der Waals surface area contributed by atoms with Gasteiger partial charge in [0.15, 0.2) is 0 Å². The lowest BCUT2D eigenvalue weighted by Gasteiger charge is -2.27. The Kier molecular flexibility index (Phi) is 4.68. The Labute approximate surface area is 207 Å². The average Bonchev–Trinajstić information content (AvgIpc) is 3.40. The summed E-state index contributed by atoms with van der Waals surface area (Å²) >= 11 is 9.71. The van der Waals surface area contributed by atoms with Gasteiger partial charge in [0, 0.05) is 15.6 Å². The van der Waals surface area contributed by atoms with Crippen molar-refractivity contribution in [2.24, 2.45) is 11.8 Å². The summed E-state index contributed by atoms with van der Waals surface area (Å²) in [5.41, 5.74) is -0.907. The van der Waals surface area contributed by atoms with Crippen LogP contribution in [-0.2, 0) is 14.3 Å². The molecule has 0 aromatic heterocycles. The van der Waals surface area contributed by atoms with Crippen molar-refractivity contribution in [1.82, 2.24) is 0 Å². The largest absolute Gasteiger partial charge is 0.349 e. The molecule has 1 spiro atoms. The molecule has 34 heavy (non-hydrogen) atoms. The number of anilines is 1. The van der Waals surface area contributed by atoms with Gasteiger partial charge in [-0.2, -0.15) is 0 Å². The van der Waals surface area contributed by atoms with E-state index in [4.69, 9.17) is 16.3 Å². The molecule has 8 heteroatoms. The van der Waals surface area contributed by atoms with Gasteiger partial charge in [0.05, 0.1) is 28.6 Å². The molecule has 0 bridgehead atoms. The molecule has 3 aromatic rings. The smallest absolute Gasteiger partial charge is 0.241 e. The number of halogens is 2. The van der Waals surface area contributed by atoms with Crippen LogP contribution in [0.2, 0.25) is 5.02 Å². The number of para-hydroxylation sites is 1. The fourth-order valence-electron chi connectivity index (χ4n) is 5.34. The number of imide groups is 1. The van der Waals surface area contributed by atoms with E-state index in [0.29, 0.717) is 5.56 Å². The minimum absolute atomic E-state index is 0.194. The number of fused-ring (bicyclic) bond motifs is 3. The Bertz CT molecular complexity index is 1380. The van der Waals surface area contributed by atoms with Crippen LogP contribution in [0.5, 0.6) is 0 Å². The summed E-state index contributed by atoms with van der Waals surface area (Å²) in [5.74, 6) is -4.78. The second-order valence-corrected chi connectivity index (χ2v) is 9.82. The SMILES string of the molecule is O=C1[C@@H]2[C@@H](C(=O)N1c1ccccc1Cl)C1(O[C@H]2c2ccc(Br)cc2)C(=O)c2ccccc2C1=O. The van der Waals surface area contributed by atoms with E-state index in [0.717, 1.165) is 9.37 Å². The number of nitrogens with zero attached hydrogens (tertiary/aromatic N) is 1. The first-order valence-corrected chi connectivity index (χ1v) is 11.8. The number of carbonyl (C=O) groups excluding carboxylic acids is 4. The minimum atomic E-state index is -2.10. The van der Waals surface area contributed by atoms with Crippen LogP contribution in [0.25, 0.3) is 0 Å². The maximum Gasteiger partial charge on any atom is 0.241 e. The molecule has 2 aliphatic heterocycles. The third kappa shape index (κ3) is 2.66. The normalized spacial score (nSPS) is 24.8. The molecule has 3 aromatic carbocycles. The van der Waals surface area contributed by atoms with Gasteiger partial charge in [-0.15, -0.1) is 0 Å². The monoisotopic (exact) mass is 535 g/mol. The van der Waals surface area contributed by atoms with E-state index >= 15 is 0 Å². The zero-order valence-electron chi connectivity index (χ0n) is 17.4. The number of benzene rings is 3. The molecule has 0 N–H and O–H groups in total. The molecule has 1 aliphatic carbocycles. The zero-order valence-corrected chi connectivity index (χ0v) is 19.7. The Morgan fingerprint density at radius 3 is 2.00 bits per heavy atom. The van der Waals surface area contributed by atoms with E-state index in [1.807, 2.05) is 0 Å². The van der Waals surface area contributed by atoms with Gasteiger partial charge in [0.2, 0.25) is 29.0 Å². The molecule has 3 atom stereocenters. The summed E-state index contributed by atoms with van der Waals surface area (Å²) in [6.45, 7) is 0. The Morgan fingerprint density at radius 2 is 1.38 bits per heavy atom. The summed E-state index contributed by atoms with van der Waals surface area (Å²) < 4.78 is 7.06. The van der Waals surface area contributed by atoms with Crippen LogP contribution >= 0.6 is 27.5 Å². The first-order chi connectivity index (χ1) is 16.4. The van der Waals surface area contributed by atoms with Crippen LogP contribution in [0.3, 0.4) is 0 Å². The summed E-state index contributed by atoms with van der Waals surface area (Å²) in [6.07, 6.45) is -0.968. The molecule has 3 aliphatic rings. The second-order valence-electron chi connectivity index (χ2n) is 8.50. The molecule has 6 rings (SSSR count). The van der Waals surface area contributed by atoms with Crippen molar-refractivity contribution in [3.05, 3.63) is 99.0 Å². The third-order valence-electron chi connectivity index (χ3n) is 6.81. The minimum Gasteiger partial charge on any atom is -0.349 e. The Morgan fingerprint density at radius 1 is 0.794 bits per heavy atom. The van der Waals surface area contributed by atoms with Crippen molar-refractivity contribution in [3.8, 4) is 0 Å². The van der Waals surface area contributed by atoms with Crippen molar-refractivity contribution < 1.29 is 23.9 Å². The molecule has 168 valence electrons. The van der Waals surface area contributed by atoms with Crippen molar-refractivity contribution in [2.75, 3.05) is 4.90 Å². The molecule has 0 saturated carbocycles. The molecular weight excluding hydrogens is 522 g/mol. The lowest BCUT2D eigenvalue weighted by molar-refractivity contribution is -0.127. The van der Waals surface area contributed by atoms with E-state index in [9.17, 15) is 19.2 Å². The van der Waals surface area contributed by atoms with Crippen LogP contribution < -0.4 is 4.90 Å². The molecule has 2 amide bonds. The zero-order chi connectivity index (χ0) is 23.8. The van der Waals surface area contributed by atoms with Gasteiger partial charge in [-0.3, -0.25) is 19.2 Å². The van der Waals surface area contributed by atoms with Gasteiger partial charge < -0.3 is 4.74 Å². The first-order valence-electron chi connectivity index (χ1n) is 10.6. The van der Waals surface area contributed by atoms with Crippen molar-refractivity contribution in [3.63, 3.8) is 0 Å². The molecule has 2 saturated heterocycles. The van der Waals surface area contributed by atoms with E-state index in [1.54, 1.807) is 72.8 Å². The Balaban J connectivity index is 1.56. The van der Waals surface area contributed by atoms with Gasteiger partial charge >= 0.3 is 0 Å². The van der Waals surface area contributed by atoms with E-state index in [2.05, 4.69) is 15.9 Å². The molecule has 0 unspecified atom stereocenters. The van der Waals surface area contributed by atoms with Gasteiger partial charge in [-0.05, 0) is 29.8 Å². The molecular formula is C26H15BrClNO5. The summed E-state index contributed by atoms with van der Waals surface area (Å²) in [4.78, 5) is 56.0. The first kappa shape index (κ1) is 21.4. The van der Waals surface area contributed by atoms with E-state index in [-0.39, 0.29) is 21.8 Å². The lowest BCUT2D eigenvalue weighted by atomic mass is 9.77. The van der Waals surface area contributed by atoms with Gasteiger partial charge in [-0.25, -0.2) is 4.90 Å². The van der Waals surface area contributed by atoms with Crippen molar-refractivity contribution >= 4 is 56.6 Å². The highest BCUT2D eigenvalue weighted by Gasteiger charge is 2.74. The van der Waals surface area contributed by atoms with Gasteiger partial charge in [0.1, 0.15) is 0 Å². The standard InChI is InChI=1S/C26H15BrClNO5/c27-14-11-9-13(10-12-14)21-19-20(25(33)29(24(19)32)18-8-4-3-7-17(18)28)26(34-21)22(30)15-5-1-2-6-16(15)23(26)31/h1-12,19-21H/t19-,20+,21+/m1/s1. The van der Waals surface area contributed by atoms with Crippen LogP contribution in [0.15, 0.2) is 77.3 Å². The van der Waals surface area contributed by atoms with Crippen LogP contribution in [0.4, 0.5) is 5.69 Å². The molecule has 6 nitrogen and oxygen atoms in total. The summed E-state index contributed by atoms with van der Waals surface area (Å²) in [6, 6.07) is 19.9. The average molecular weight is 537 g/mol. The Hall–Kier alpha value is -3.13. The predicted molar refractivity (Wildman–Crippen MR) is 127 cm³/mol. The fraction of sp³-hybridized carbons (Fsp3) is 0.154. The number of amides is 2. The summed E-state index contributed by atoms with van der Waals surface area (Å²) in [5, 5.41) is 0.215. The number of hydrogen-bond donors (Lipinski definition) is 0. The van der Waals surface area contributed by atoms with E-state index < -0.39 is 46.9 Å². The molecule has 0 radical (unpaired) electrons. The number of ether oxygens (including phenoxy) is 1. The quantitative estimate of drug-likeness (QED) is 0.347. The lowest BCUT2D eigenvalue weighted by Crippen LogP contribution is -2.51. The van der Waals surface area contributed by atoms with E-state index in [1.165, 1.54) is 0 Å². The number of carbonyl (C=O) groups is 4. The van der Waals surface area contributed by atoms with Gasteiger partial charge in [0.25, 0.3) is 0 Å². The highest BCUT2D eigenvalue weighted by atomic mass is 79.9. The topological polar surface area (TPSA) is 80.8 Å². The number of hydrogen-bond acceptors (Lipinski definition) is 5. The predicted octanol–water partition coefficient (Wildman–Crippen LogP) is 4.80. The third-order valence-corrected chi connectivity index (χ3v) is 7.66. The maximum atomic E-state index is 13.8.